The molecular weight excluding hydrogens is 196 g/mol. The smallest absolute Gasteiger partial charge is 0.0658 e. The molecule has 1 aromatic heterocycles. The quantitative estimate of drug-likeness (QED) is 0.712. The second-order valence-corrected chi connectivity index (χ2v) is 4.12. The highest BCUT2D eigenvalue weighted by Gasteiger charge is 2.01. The second-order valence-electron chi connectivity index (χ2n) is 4.12. The molecule has 0 amide bonds. The van der Waals surface area contributed by atoms with E-state index in [9.17, 15) is 0 Å². The molecule has 0 aromatic carbocycles. The molecule has 0 saturated heterocycles. The number of pyridine rings is 1. The van der Waals surface area contributed by atoms with E-state index in [0.717, 1.165) is 24.4 Å². The standard InChI is InChI=1S/C14H22N2/c1-4-14-13(10-9-12(2)16-14)8-6-5-7-11-15-3/h4,9-10,15H,1,5-8,11H2,2-3H3. The number of aryl methyl sites for hydroxylation is 2. The van der Waals surface area contributed by atoms with E-state index in [2.05, 4.69) is 29.0 Å². The van der Waals surface area contributed by atoms with Crippen molar-refractivity contribution in [2.75, 3.05) is 13.6 Å². The van der Waals surface area contributed by atoms with Gasteiger partial charge in [-0.3, -0.25) is 4.98 Å². The third kappa shape index (κ3) is 4.15. The molecule has 1 aromatic rings. The molecule has 2 heteroatoms. The van der Waals surface area contributed by atoms with Crippen LogP contribution in [0.3, 0.4) is 0 Å². The SMILES string of the molecule is C=Cc1nc(C)ccc1CCCCCNC. The van der Waals surface area contributed by atoms with Gasteiger partial charge in [0.25, 0.3) is 0 Å². The van der Waals surface area contributed by atoms with Crippen LogP contribution in [0.5, 0.6) is 0 Å². The number of hydrogen-bond donors (Lipinski definition) is 1. The van der Waals surface area contributed by atoms with Gasteiger partial charge in [-0.15, -0.1) is 0 Å². The molecule has 2 nitrogen and oxygen atoms in total. The predicted octanol–water partition coefficient (Wildman–Crippen LogP) is 2.97. The van der Waals surface area contributed by atoms with E-state index in [1.807, 2.05) is 20.0 Å². The fourth-order valence-electron chi connectivity index (χ4n) is 1.79. The molecule has 0 aliphatic rings. The monoisotopic (exact) mass is 218 g/mol. The Labute approximate surface area is 98.8 Å². The molecule has 88 valence electrons. The zero-order chi connectivity index (χ0) is 11.8. The third-order valence-electron chi connectivity index (χ3n) is 2.72. The summed E-state index contributed by atoms with van der Waals surface area (Å²) in [4.78, 5) is 4.48. The van der Waals surface area contributed by atoms with E-state index < -0.39 is 0 Å². The van der Waals surface area contributed by atoms with Crippen molar-refractivity contribution < 1.29 is 0 Å². The van der Waals surface area contributed by atoms with Gasteiger partial charge < -0.3 is 5.32 Å². The highest BCUT2D eigenvalue weighted by molar-refractivity contribution is 5.47. The van der Waals surface area contributed by atoms with Gasteiger partial charge >= 0.3 is 0 Å². The molecule has 0 aliphatic heterocycles. The number of hydrogen-bond acceptors (Lipinski definition) is 2. The fourth-order valence-corrected chi connectivity index (χ4v) is 1.79. The van der Waals surface area contributed by atoms with Crippen molar-refractivity contribution in [1.82, 2.24) is 10.3 Å². The number of nitrogens with one attached hydrogen (secondary N) is 1. The first-order chi connectivity index (χ1) is 7.77. The van der Waals surface area contributed by atoms with Crippen LogP contribution in [0.4, 0.5) is 0 Å². The van der Waals surface area contributed by atoms with Gasteiger partial charge in [0.1, 0.15) is 0 Å². The van der Waals surface area contributed by atoms with E-state index >= 15 is 0 Å². The molecule has 1 N–H and O–H groups in total. The number of unbranched alkanes of at least 4 members (excludes halogenated alkanes) is 2. The molecular formula is C14H22N2. The summed E-state index contributed by atoms with van der Waals surface area (Å²) in [6, 6.07) is 4.26. The van der Waals surface area contributed by atoms with Gasteiger partial charge in [0.2, 0.25) is 0 Å². The van der Waals surface area contributed by atoms with Crippen molar-refractivity contribution >= 4 is 6.08 Å². The Bertz CT molecular complexity index is 332. The van der Waals surface area contributed by atoms with Crippen molar-refractivity contribution in [3.63, 3.8) is 0 Å². The molecule has 0 fully saturated rings. The van der Waals surface area contributed by atoms with E-state index in [4.69, 9.17) is 0 Å². The van der Waals surface area contributed by atoms with Gasteiger partial charge in [0.05, 0.1) is 5.69 Å². The first-order valence-corrected chi connectivity index (χ1v) is 6.01. The summed E-state index contributed by atoms with van der Waals surface area (Å²) in [6.07, 6.45) is 6.71. The van der Waals surface area contributed by atoms with Crippen LogP contribution in [0, 0.1) is 6.92 Å². The van der Waals surface area contributed by atoms with E-state index in [0.29, 0.717) is 0 Å². The van der Waals surface area contributed by atoms with Crippen LogP contribution in [0.15, 0.2) is 18.7 Å². The van der Waals surface area contributed by atoms with Crippen LogP contribution in [0.25, 0.3) is 6.08 Å². The lowest BCUT2D eigenvalue weighted by atomic mass is 10.0. The van der Waals surface area contributed by atoms with Gasteiger partial charge in [0, 0.05) is 5.69 Å². The normalized spacial score (nSPS) is 10.4. The Balaban J connectivity index is 2.44. The maximum Gasteiger partial charge on any atom is 0.0658 e. The van der Waals surface area contributed by atoms with Gasteiger partial charge in [0.15, 0.2) is 0 Å². The first kappa shape index (κ1) is 12.9. The van der Waals surface area contributed by atoms with Crippen LogP contribution >= 0.6 is 0 Å². The minimum Gasteiger partial charge on any atom is -0.320 e. The molecule has 0 bridgehead atoms. The summed E-state index contributed by atoms with van der Waals surface area (Å²) >= 11 is 0. The van der Waals surface area contributed by atoms with Gasteiger partial charge in [-0.1, -0.05) is 19.1 Å². The van der Waals surface area contributed by atoms with Crippen LogP contribution in [-0.2, 0) is 6.42 Å². The lowest BCUT2D eigenvalue weighted by Crippen LogP contribution is -2.07. The van der Waals surface area contributed by atoms with Crippen molar-refractivity contribution in [3.8, 4) is 0 Å². The van der Waals surface area contributed by atoms with E-state index in [-0.39, 0.29) is 0 Å². The Kier molecular flexibility index (Phi) is 5.79. The molecule has 0 radical (unpaired) electrons. The van der Waals surface area contributed by atoms with E-state index in [1.54, 1.807) is 0 Å². The first-order valence-electron chi connectivity index (χ1n) is 6.01. The van der Waals surface area contributed by atoms with Crippen LogP contribution in [0.2, 0.25) is 0 Å². The molecule has 0 saturated carbocycles. The van der Waals surface area contributed by atoms with Crippen molar-refractivity contribution in [2.45, 2.75) is 32.6 Å². The predicted molar refractivity (Wildman–Crippen MR) is 70.5 cm³/mol. The highest BCUT2D eigenvalue weighted by atomic mass is 14.8. The lowest BCUT2D eigenvalue weighted by Gasteiger charge is -2.06. The highest BCUT2D eigenvalue weighted by Crippen LogP contribution is 2.12. The van der Waals surface area contributed by atoms with Crippen molar-refractivity contribution in [1.29, 1.82) is 0 Å². The summed E-state index contributed by atoms with van der Waals surface area (Å²) in [5.41, 5.74) is 3.44. The van der Waals surface area contributed by atoms with Gasteiger partial charge in [-0.05, 0) is 57.5 Å². The summed E-state index contributed by atoms with van der Waals surface area (Å²) in [6.45, 7) is 6.95. The summed E-state index contributed by atoms with van der Waals surface area (Å²) < 4.78 is 0. The fraction of sp³-hybridized carbons (Fsp3) is 0.500. The van der Waals surface area contributed by atoms with Crippen molar-refractivity contribution in [3.05, 3.63) is 35.7 Å². The van der Waals surface area contributed by atoms with Crippen LogP contribution < -0.4 is 5.32 Å². The zero-order valence-electron chi connectivity index (χ0n) is 10.4. The number of rotatable bonds is 7. The van der Waals surface area contributed by atoms with E-state index in [1.165, 1.54) is 24.8 Å². The minimum atomic E-state index is 1.05. The zero-order valence-corrected chi connectivity index (χ0v) is 10.4. The maximum atomic E-state index is 4.48. The molecule has 0 aliphatic carbocycles. The maximum absolute atomic E-state index is 4.48. The molecule has 1 heterocycles. The summed E-state index contributed by atoms with van der Waals surface area (Å²) in [5, 5.41) is 3.17. The summed E-state index contributed by atoms with van der Waals surface area (Å²) in [7, 11) is 2.00. The number of aromatic nitrogens is 1. The van der Waals surface area contributed by atoms with Crippen LogP contribution in [-0.4, -0.2) is 18.6 Å². The van der Waals surface area contributed by atoms with Gasteiger partial charge in [-0.2, -0.15) is 0 Å². The van der Waals surface area contributed by atoms with Crippen molar-refractivity contribution in [2.24, 2.45) is 0 Å². The average Bonchev–Trinajstić information content (AvgIpc) is 2.30. The third-order valence-corrected chi connectivity index (χ3v) is 2.72. The topological polar surface area (TPSA) is 24.9 Å². The Hall–Kier alpha value is -1.15. The molecule has 0 spiro atoms. The Morgan fingerprint density at radius 2 is 2.12 bits per heavy atom. The largest absolute Gasteiger partial charge is 0.320 e. The molecule has 0 atom stereocenters. The lowest BCUT2D eigenvalue weighted by molar-refractivity contribution is 0.641. The minimum absolute atomic E-state index is 1.05. The van der Waals surface area contributed by atoms with Crippen LogP contribution in [0.1, 0.15) is 36.2 Å². The summed E-state index contributed by atoms with van der Waals surface area (Å²) in [5.74, 6) is 0. The molecule has 16 heavy (non-hydrogen) atoms. The Morgan fingerprint density at radius 1 is 1.31 bits per heavy atom. The van der Waals surface area contributed by atoms with Gasteiger partial charge in [-0.25, -0.2) is 0 Å². The average molecular weight is 218 g/mol. The molecule has 1 rings (SSSR count). The Morgan fingerprint density at radius 3 is 2.81 bits per heavy atom. The molecule has 0 unspecified atom stereocenters. The number of nitrogens with zero attached hydrogens (tertiary/aromatic N) is 1. The second kappa shape index (κ2) is 7.18.